The molecular formula is C16H18BrN3O2S. The van der Waals surface area contributed by atoms with Gasteiger partial charge in [0, 0.05) is 23.2 Å². The Morgan fingerprint density at radius 1 is 1.43 bits per heavy atom. The number of nitrogens with one attached hydrogen (secondary N) is 1. The highest BCUT2D eigenvalue weighted by molar-refractivity contribution is 9.10. The summed E-state index contributed by atoms with van der Waals surface area (Å²) in [5, 5.41) is 3.90. The van der Waals surface area contributed by atoms with Gasteiger partial charge in [0.05, 0.1) is 25.5 Å². The molecule has 2 heterocycles. The van der Waals surface area contributed by atoms with Gasteiger partial charge >= 0.3 is 0 Å². The molecular weight excluding hydrogens is 378 g/mol. The quantitative estimate of drug-likeness (QED) is 0.862. The highest BCUT2D eigenvalue weighted by Crippen LogP contribution is 2.22. The summed E-state index contributed by atoms with van der Waals surface area (Å²) in [5.74, 6) is -0.105. The predicted octanol–water partition coefficient (Wildman–Crippen LogP) is 3.30. The van der Waals surface area contributed by atoms with E-state index >= 15 is 0 Å². The molecule has 3 rings (SSSR count). The Labute approximate surface area is 147 Å². The van der Waals surface area contributed by atoms with E-state index in [0.717, 1.165) is 53.7 Å². The van der Waals surface area contributed by atoms with Gasteiger partial charge in [0.1, 0.15) is 9.88 Å². The molecule has 1 aromatic carbocycles. The number of halogens is 1. The van der Waals surface area contributed by atoms with Crippen LogP contribution < -0.4 is 5.32 Å². The Hall–Kier alpha value is -1.28. The minimum atomic E-state index is -0.105. The predicted molar refractivity (Wildman–Crippen MR) is 95.0 cm³/mol. The summed E-state index contributed by atoms with van der Waals surface area (Å²) in [6.07, 6.45) is 0. The molecule has 0 unspecified atom stereocenters. The van der Waals surface area contributed by atoms with Crippen LogP contribution in [-0.2, 0) is 11.3 Å². The molecule has 0 radical (unpaired) electrons. The van der Waals surface area contributed by atoms with Gasteiger partial charge in [-0.25, -0.2) is 4.98 Å². The average molecular weight is 396 g/mol. The number of aryl methyl sites for hydroxylation is 1. The number of amides is 1. The number of thiazole rings is 1. The second kappa shape index (κ2) is 7.53. The van der Waals surface area contributed by atoms with Crippen LogP contribution in [-0.4, -0.2) is 42.1 Å². The Balaban J connectivity index is 1.68. The molecule has 5 nitrogen and oxygen atoms in total. The second-order valence-electron chi connectivity index (χ2n) is 5.38. The molecule has 0 saturated carbocycles. The summed E-state index contributed by atoms with van der Waals surface area (Å²) in [5.41, 5.74) is 1.55. The zero-order valence-electron chi connectivity index (χ0n) is 12.8. The fourth-order valence-electron chi connectivity index (χ4n) is 2.44. The molecule has 0 bridgehead atoms. The molecule has 7 heteroatoms. The number of hydrogen-bond donors (Lipinski definition) is 1. The van der Waals surface area contributed by atoms with E-state index in [0.29, 0.717) is 4.88 Å². The number of hydrogen-bond acceptors (Lipinski definition) is 5. The van der Waals surface area contributed by atoms with Crippen molar-refractivity contribution in [1.29, 1.82) is 0 Å². The number of morpholine rings is 1. The van der Waals surface area contributed by atoms with Crippen molar-refractivity contribution in [1.82, 2.24) is 9.88 Å². The summed E-state index contributed by atoms with van der Waals surface area (Å²) in [6.45, 7) is 6.02. The second-order valence-corrected chi connectivity index (χ2v) is 7.37. The first-order chi connectivity index (χ1) is 11.1. The van der Waals surface area contributed by atoms with E-state index < -0.39 is 0 Å². The van der Waals surface area contributed by atoms with Crippen molar-refractivity contribution < 1.29 is 9.53 Å². The summed E-state index contributed by atoms with van der Waals surface area (Å²) in [7, 11) is 0. The van der Waals surface area contributed by atoms with Gasteiger partial charge in [0.2, 0.25) is 0 Å². The van der Waals surface area contributed by atoms with Crippen molar-refractivity contribution in [2.24, 2.45) is 0 Å². The van der Waals surface area contributed by atoms with Gasteiger partial charge < -0.3 is 10.1 Å². The van der Waals surface area contributed by atoms with Gasteiger partial charge in [0.15, 0.2) is 0 Å². The van der Waals surface area contributed by atoms with Crippen molar-refractivity contribution in [3.8, 4) is 0 Å². The molecule has 1 aromatic heterocycles. The first kappa shape index (κ1) is 16.6. The zero-order chi connectivity index (χ0) is 16.2. The molecule has 0 aliphatic carbocycles. The number of carbonyl (C=O) groups excluding carboxylic acids is 1. The van der Waals surface area contributed by atoms with Crippen molar-refractivity contribution in [2.45, 2.75) is 13.5 Å². The van der Waals surface area contributed by atoms with Crippen LogP contribution in [0.4, 0.5) is 5.69 Å². The minimum Gasteiger partial charge on any atom is -0.379 e. The topological polar surface area (TPSA) is 54.5 Å². The van der Waals surface area contributed by atoms with E-state index in [2.05, 4.69) is 31.1 Å². The molecule has 0 spiro atoms. The largest absolute Gasteiger partial charge is 0.379 e. The van der Waals surface area contributed by atoms with Gasteiger partial charge in [0.25, 0.3) is 5.91 Å². The average Bonchev–Trinajstić information content (AvgIpc) is 2.89. The highest BCUT2D eigenvalue weighted by Gasteiger charge is 2.18. The normalized spacial score (nSPS) is 15.6. The molecule has 0 atom stereocenters. The fourth-order valence-corrected chi connectivity index (χ4v) is 3.84. The van der Waals surface area contributed by atoms with Crippen LogP contribution in [0.2, 0.25) is 0 Å². The third-order valence-electron chi connectivity index (χ3n) is 3.59. The van der Waals surface area contributed by atoms with E-state index in [-0.39, 0.29) is 5.91 Å². The van der Waals surface area contributed by atoms with Gasteiger partial charge in [-0.05, 0) is 25.1 Å². The van der Waals surface area contributed by atoms with Crippen molar-refractivity contribution >= 4 is 38.9 Å². The molecule has 1 aliphatic rings. The summed E-state index contributed by atoms with van der Waals surface area (Å²) in [4.78, 5) is 20.0. The zero-order valence-corrected chi connectivity index (χ0v) is 15.2. The van der Waals surface area contributed by atoms with Crippen LogP contribution in [0.1, 0.15) is 20.4 Å². The van der Waals surface area contributed by atoms with E-state index in [1.165, 1.54) is 11.3 Å². The lowest BCUT2D eigenvalue weighted by molar-refractivity contribution is 0.0341. The van der Waals surface area contributed by atoms with Gasteiger partial charge in [-0.2, -0.15) is 0 Å². The standard InChI is InChI=1S/C16H18BrN3O2S/c1-11-15(16(21)19-13-4-2-3-12(17)9-13)23-14(18-11)10-20-5-7-22-8-6-20/h2-4,9H,5-8,10H2,1H3,(H,19,21). The van der Waals surface area contributed by atoms with Crippen LogP contribution in [0.25, 0.3) is 0 Å². The minimum absolute atomic E-state index is 0.105. The maximum Gasteiger partial charge on any atom is 0.267 e. The van der Waals surface area contributed by atoms with Gasteiger partial charge in [-0.1, -0.05) is 22.0 Å². The van der Waals surface area contributed by atoms with Crippen LogP contribution in [0.15, 0.2) is 28.7 Å². The fraction of sp³-hybridized carbons (Fsp3) is 0.375. The Kier molecular flexibility index (Phi) is 5.42. The molecule has 122 valence electrons. The molecule has 1 fully saturated rings. The number of nitrogens with zero attached hydrogens (tertiary/aromatic N) is 2. The Bertz CT molecular complexity index is 698. The maximum atomic E-state index is 12.5. The Morgan fingerprint density at radius 2 is 2.22 bits per heavy atom. The third-order valence-corrected chi connectivity index (χ3v) is 5.23. The van der Waals surface area contributed by atoms with Crippen molar-refractivity contribution in [2.75, 3.05) is 31.6 Å². The van der Waals surface area contributed by atoms with E-state index in [4.69, 9.17) is 4.74 Å². The maximum absolute atomic E-state index is 12.5. The SMILES string of the molecule is Cc1nc(CN2CCOCC2)sc1C(=O)Nc1cccc(Br)c1. The summed E-state index contributed by atoms with van der Waals surface area (Å²) < 4.78 is 6.29. The van der Waals surface area contributed by atoms with Crippen LogP contribution in [0, 0.1) is 6.92 Å². The summed E-state index contributed by atoms with van der Waals surface area (Å²) >= 11 is 4.87. The first-order valence-corrected chi connectivity index (χ1v) is 9.06. The molecule has 1 N–H and O–H groups in total. The Morgan fingerprint density at radius 3 is 2.96 bits per heavy atom. The number of ether oxygens (including phenoxy) is 1. The lowest BCUT2D eigenvalue weighted by Crippen LogP contribution is -2.35. The van der Waals surface area contributed by atoms with Crippen molar-refractivity contribution in [3.05, 3.63) is 44.3 Å². The van der Waals surface area contributed by atoms with E-state index in [9.17, 15) is 4.79 Å². The van der Waals surface area contributed by atoms with E-state index in [1.807, 2.05) is 31.2 Å². The molecule has 23 heavy (non-hydrogen) atoms. The number of anilines is 1. The molecule has 1 amide bonds. The highest BCUT2D eigenvalue weighted by atomic mass is 79.9. The van der Waals surface area contributed by atoms with Crippen LogP contribution >= 0.6 is 27.3 Å². The molecule has 1 saturated heterocycles. The van der Waals surface area contributed by atoms with Crippen LogP contribution in [0.5, 0.6) is 0 Å². The molecule has 2 aromatic rings. The number of rotatable bonds is 4. The first-order valence-electron chi connectivity index (χ1n) is 7.45. The monoisotopic (exact) mass is 395 g/mol. The summed E-state index contributed by atoms with van der Waals surface area (Å²) in [6, 6.07) is 7.56. The van der Waals surface area contributed by atoms with Gasteiger partial charge in [-0.15, -0.1) is 11.3 Å². The van der Waals surface area contributed by atoms with Crippen molar-refractivity contribution in [3.63, 3.8) is 0 Å². The lowest BCUT2D eigenvalue weighted by Gasteiger charge is -2.25. The van der Waals surface area contributed by atoms with Gasteiger partial charge in [-0.3, -0.25) is 9.69 Å². The smallest absolute Gasteiger partial charge is 0.267 e. The van der Waals surface area contributed by atoms with Crippen LogP contribution in [0.3, 0.4) is 0 Å². The number of benzene rings is 1. The number of aromatic nitrogens is 1. The van der Waals surface area contributed by atoms with E-state index in [1.54, 1.807) is 0 Å². The number of carbonyl (C=O) groups is 1. The lowest BCUT2D eigenvalue weighted by atomic mass is 10.3. The third kappa shape index (κ3) is 4.38. The molecule has 1 aliphatic heterocycles.